The molecule has 72 valence electrons. The van der Waals surface area contributed by atoms with E-state index in [1.807, 2.05) is 6.92 Å². The topological polar surface area (TPSA) is 77.8 Å². The Hall–Kier alpha value is -0.610. The number of rotatable bonds is 6. The van der Waals surface area contributed by atoms with Gasteiger partial charge in [-0.05, 0) is 12.8 Å². The maximum atomic E-state index is 10.4. The first-order valence-corrected chi connectivity index (χ1v) is 4.13. The maximum Gasteiger partial charge on any atom is 0.338 e. The molecule has 1 unspecified atom stereocenters. The zero-order chi connectivity index (χ0) is 9.61. The van der Waals surface area contributed by atoms with E-state index in [4.69, 9.17) is 10.2 Å². The van der Waals surface area contributed by atoms with E-state index in [0.717, 1.165) is 12.8 Å². The Balaban J connectivity index is 3.88. The van der Waals surface area contributed by atoms with Gasteiger partial charge in [0.15, 0.2) is 5.60 Å². The molecule has 0 fully saturated rings. The van der Waals surface area contributed by atoms with E-state index in [9.17, 15) is 9.90 Å². The van der Waals surface area contributed by atoms with Crippen LogP contribution in [-0.4, -0.2) is 33.5 Å². The summed E-state index contributed by atoms with van der Waals surface area (Å²) in [5.74, 6) is -1.35. The molecule has 0 radical (unpaired) electrons. The molecule has 3 N–H and O–H groups in total. The molecule has 0 heterocycles. The highest BCUT2D eigenvalue weighted by Gasteiger charge is 2.34. The van der Waals surface area contributed by atoms with Crippen LogP contribution in [0.4, 0.5) is 0 Å². The van der Waals surface area contributed by atoms with E-state index in [1.165, 1.54) is 0 Å². The van der Waals surface area contributed by atoms with Gasteiger partial charge in [0.1, 0.15) is 0 Å². The molecule has 0 aliphatic carbocycles. The third-order valence-corrected chi connectivity index (χ3v) is 1.85. The number of hydrogen-bond acceptors (Lipinski definition) is 3. The van der Waals surface area contributed by atoms with Crippen molar-refractivity contribution in [1.82, 2.24) is 0 Å². The average molecular weight is 176 g/mol. The van der Waals surface area contributed by atoms with Gasteiger partial charge in [0.25, 0.3) is 0 Å². The third kappa shape index (κ3) is 3.19. The highest BCUT2D eigenvalue weighted by molar-refractivity contribution is 5.77. The molecule has 0 bridgehead atoms. The summed E-state index contributed by atoms with van der Waals surface area (Å²) in [6.45, 7) is 1.27. The number of carboxylic acid groups (broad SMARTS) is 1. The normalized spacial score (nSPS) is 15.6. The zero-order valence-electron chi connectivity index (χ0n) is 7.29. The van der Waals surface area contributed by atoms with Crippen molar-refractivity contribution in [1.29, 1.82) is 0 Å². The van der Waals surface area contributed by atoms with Gasteiger partial charge in [-0.2, -0.15) is 0 Å². The molecule has 0 amide bonds. The molecule has 4 nitrogen and oxygen atoms in total. The van der Waals surface area contributed by atoms with Crippen LogP contribution in [-0.2, 0) is 4.79 Å². The van der Waals surface area contributed by atoms with Crippen molar-refractivity contribution in [2.75, 3.05) is 6.61 Å². The smallest absolute Gasteiger partial charge is 0.338 e. The fraction of sp³-hybridized carbons (Fsp3) is 0.875. The van der Waals surface area contributed by atoms with Crippen LogP contribution in [0.3, 0.4) is 0 Å². The number of hydrogen-bond donors (Lipinski definition) is 3. The summed E-state index contributed by atoms with van der Waals surface area (Å²) in [4.78, 5) is 10.4. The average Bonchev–Trinajstić information content (AvgIpc) is 2.04. The van der Waals surface area contributed by atoms with Crippen molar-refractivity contribution < 1.29 is 20.1 Å². The monoisotopic (exact) mass is 176 g/mol. The first-order chi connectivity index (χ1) is 5.56. The summed E-state index contributed by atoms with van der Waals surface area (Å²) >= 11 is 0. The van der Waals surface area contributed by atoms with Crippen LogP contribution in [0.1, 0.15) is 32.6 Å². The number of aliphatic carboxylic acids is 1. The number of unbranched alkanes of at least 4 members (excludes halogenated alkanes) is 2. The number of aliphatic hydroxyl groups is 2. The second-order valence-electron chi connectivity index (χ2n) is 2.95. The van der Waals surface area contributed by atoms with E-state index in [1.54, 1.807) is 0 Å². The molecule has 0 aliphatic heterocycles. The SMILES string of the molecule is CCCCCC(O)(CO)C(=O)O. The van der Waals surface area contributed by atoms with Crippen LogP contribution in [0.15, 0.2) is 0 Å². The van der Waals surface area contributed by atoms with Crippen molar-refractivity contribution in [3.63, 3.8) is 0 Å². The van der Waals surface area contributed by atoms with Crippen molar-refractivity contribution >= 4 is 5.97 Å². The van der Waals surface area contributed by atoms with E-state index in [0.29, 0.717) is 6.42 Å². The predicted octanol–water partition coefficient (Wildman–Crippen LogP) is 0.375. The summed E-state index contributed by atoms with van der Waals surface area (Å²) in [5.41, 5.74) is -1.94. The van der Waals surface area contributed by atoms with Crippen molar-refractivity contribution in [3.8, 4) is 0 Å². The highest BCUT2D eigenvalue weighted by atomic mass is 16.4. The number of carbonyl (C=O) groups is 1. The van der Waals surface area contributed by atoms with Gasteiger partial charge in [0.2, 0.25) is 0 Å². The molecule has 12 heavy (non-hydrogen) atoms. The van der Waals surface area contributed by atoms with Crippen LogP contribution in [0.25, 0.3) is 0 Å². The Labute approximate surface area is 71.8 Å². The molecule has 0 aliphatic rings. The predicted molar refractivity (Wildman–Crippen MR) is 43.8 cm³/mol. The van der Waals surface area contributed by atoms with Gasteiger partial charge in [-0.15, -0.1) is 0 Å². The van der Waals surface area contributed by atoms with Crippen LogP contribution in [0, 0.1) is 0 Å². The molecular weight excluding hydrogens is 160 g/mol. The number of carboxylic acids is 1. The Morgan fingerprint density at radius 2 is 2.00 bits per heavy atom. The number of aliphatic hydroxyl groups excluding tert-OH is 1. The van der Waals surface area contributed by atoms with E-state index in [2.05, 4.69) is 0 Å². The Morgan fingerprint density at radius 3 is 2.33 bits per heavy atom. The molecule has 0 aromatic rings. The largest absolute Gasteiger partial charge is 0.479 e. The molecular formula is C8H16O4. The lowest BCUT2D eigenvalue weighted by Crippen LogP contribution is -2.42. The Morgan fingerprint density at radius 1 is 1.42 bits per heavy atom. The minimum Gasteiger partial charge on any atom is -0.479 e. The Bertz CT molecular complexity index is 146. The summed E-state index contributed by atoms with van der Waals surface area (Å²) in [7, 11) is 0. The summed E-state index contributed by atoms with van der Waals surface area (Å²) in [6.07, 6.45) is 2.57. The standard InChI is InChI=1S/C8H16O4/c1-2-3-4-5-8(12,6-9)7(10)11/h9,12H,2-6H2,1H3,(H,10,11). The molecule has 0 saturated heterocycles. The van der Waals surface area contributed by atoms with Crippen molar-refractivity contribution in [2.24, 2.45) is 0 Å². The fourth-order valence-electron chi connectivity index (χ4n) is 0.921. The van der Waals surface area contributed by atoms with Gasteiger partial charge in [-0.1, -0.05) is 19.8 Å². The van der Waals surface area contributed by atoms with Gasteiger partial charge in [0.05, 0.1) is 6.61 Å². The van der Waals surface area contributed by atoms with Gasteiger partial charge >= 0.3 is 5.97 Å². The highest BCUT2D eigenvalue weighted by Crippen LogP contribution is 2.14. The van der Waals surface area contributed by atoms with Gasteiger partial charge in [-0.25, -0.2) is 4.79 Å². The first kappa shape index (κ1) is 11.4. The molecule has 0 aromatic carbocycles. The first-order valence-electron chi connectivity index (χ1n) is 4.13. The van der Waals surface area contributed by atoms with Crippen LogP contribution < -0.4 is 0 Å². The Kier molecular flexibility index (Phi) is 4.85. The second-order valence-corrected chi connectivity index (χ2v) is 2.95. The van der Waals surface area contributed by atoms with E-state index >= 15 is 0 Å². The molecule has 0 rings (SSSR count). The van der Waals surface area contributed by atoms with Gasteiger partial charge in [-0.3, -0.25) is 0 Å². The minimum absolute atomic E-state index is 0.118. The van der Waals surface area contributed by atoms with Crippen LogP contribution >= 0.6 is 0 Å². The molecule has 4 heteroatoms. The third-order valence-electron chi connectivity index (χ3n) is 1.85. The summed E-state index contributed by atoms with van der Waals surface area (Å²) in [6, 6.07) is 0. The van der Waals surface area contributed by atoms with Crippen LogP contribution in [0.5, 0.6) is 0 Å². The summed E-state index contributed by atoms with van der Waals surface area (Å²) < 4.78 is 0. The van der Waals surface area contributed by atoms with E-state index in [-0.39, 0.29) is 6.42 Å². The quantitative estimate of drug-likeness (QED) is 0.511. The van der Waals surface area contributed by atoms with Gasteiger partial charge in [0, 0.05) is 0 Å². The molecule has 1 atom stereocenters. The lowest BCUT2D eigenvalue weighted by molar-refractivity contribution is -0.163. The van der Waals surface area contributed by atoms with Gasteiger partial charge < -0.3 is 15.3 Å². The second kappa shape index (κ2) is 5.11. The lowest BCUT2D eigenvalue weighted by Gasteiger charge is -2.19. The lowest BCUT2D eigenvalue weighted by atomic mass is 9.97. The van der Waals surface area contributed by atoms with Crippen LogP contribution in [0.2, 0.25) is 0 Å². The summed E-state index contributed by atoms with van der Waals surface area (Å²) in [5, 5.41) is 26.4. The zero-order valence-corrected chi connectivity index (χ0v) is 7.29. The van der Waals surface area contributed by atoms with E-state index < -0.39 is 18.2 Å². The minimum atomic E-state index is -1.94. The fourth-order valence-corrected chi connectivity index (χ4v) is 0.921. The molecule has 0 aromatic heterocycles. The molecule has 0 spiro atoms. The molecule has 0 saturated carbocycles. The van der Waals surface area contributed by atoms with Crippen molar-refractivity contribution in [3.05, 3.63) is 0 Å². The maximum absolute atomic E-state index is 10.4. The van der Waals surface area contributed by atoms with Crippen molar-refractivity contribution in [2.45, 2.75) is 38.2 Å².